The fourth-order valence-electron chi connectivity index (χ4n) is 7.34. The van der Waals surface area contributed by atoms with Crippen molar-refractivity contribution < 1.29 is 17.6 Å². The number of hydrogen-bond donors (Lipinski definition) is 1. The smallest absolute Gasteiger partial charge is 0.245 e. The molecule has 5 nitrogen and oxygen atoms in total. The number of benzene rings is 1. The van der Waals surface area contributed by atoms with Crippen LogP contribution < -0.4 is 5.32 Å². The zero-order valence-electron chi connectivity index (χ0n) is 18.2. The van der Waals surface area contributed by atoms with E-state index in [0.717, 1.165) is 17.8 Å². The van der Waals surface area contributed by atoms with Crippen molar-refractivity contribution in [2.75, 3.05) is 13.1 Å². The molecule has 1 unspecified atom stereocenters. The van der Waals surface area contributed by atoms with Gasteiger partial charge in [0, 0.05) is 25.0 Å². The van der Waals surface area contributed by atoms with Gasteiger partial charge < -0.3 is 5.32 Å². The van der Waals surface area contributed by atoms with Crippen LogP contribution in [0.4, 0.5) is 4.39 Å². The van der Waals surface area contributed by atoms with Crippen molar-refractivity contribution in [3.8, 4) is 0 Å². The van der Waals surface area contributed by atoms with Gasteiger partial charge in [0.15, 0.2) is 0 Å². The number of nitrogens with one attached hydrogen (secondary N) is 1. The topological polar surface area (TPSA) is 66.5 Å². The van der Waals surface area contributed by atoms with Crippen molar-refractivity contribution in [1.82, 2.24) is 9.62 Å². The van der Waals surface area contributed by atoms with Gasteiger partial charge in [0.2, 0.25) is 15.9 Å². The molecule has 1 heterocycles. The lowest BCUT2D eigenvalue weighted by Crippen LogP contribution is -2.56. The van der Waals surface area contributed by atoms with Crippen molar-refractivity contribution in [3.05, 3.63) is 30.1 Å². The Morgan fingerprint density at radius 2 is 1.61 bits per heavy atom. The third-order valence-electron chi connectivity index (χ3n) is 8.64. The second kappa shape index (κ2) is 7.84. The Labute approximate surface area is 184 Å². The number of nitrogens with zero attached hydrogens (tertiary/aromatic N) is 1. The monoisotopic (exact) mass is 448 g/mol. The van der Waals surface area contributed by atoms with Crippen LogP contribution in [0.1, 0.15) is 58.3 Å². The molecule has 7 heteroatoms. The van der Waals surface area contributed by atoms with Gasteiger partial charge in [0.25, 0.3) is 0 Å². The van der Waals surface area contributed by atoms with Crippen molar-refractivity contribution in [2.45, 2.75) is 69.2 Å². The van der Waals surface area contributed by atoms with E-state index in [9.17, 15) is 17.6 Å². The first-order valence-electron chi connectivity index (χ1n) is 11.8. The molecule has 0 spiro atoms. The van der Waals surface area contributed by atoms with Gasteiger partial charge in [-0.25, -0.2) is 12.8 Å². The Balaban J connectivity index is 1.19. The second-order valence-corrected chi connectivity index (χ2v) is 12.5. The highest BCUT2D eigenvalue weighted by molar-refractivity contribution is 7.89. The van der Waals surface area contributed by atoms with Gasteiger partial charge in [0.05, 0.1) is 0 Å². The summed E-state index contributed by atoms with van der Waals surface area (Å²) in [4.78, 5) is 12.8. The highest BCUT2D eigenvalue weighted by Crippen LogP contribution is 2.61. The highest BCUT2D eigenvalue weighted by Gasteiger charge is 2.53. The lowest BCUT2D eigenvalue weighted by atomic mass is 9.48. The first-order valence-corrected chi connectivity index (χ1v) is 13.3. The van der Waals surface area contributed by atoms with Crippen LogP contribution in [-0.4, -0.2) is 37.8 Å². The van der Waals surface area contributed by atoms with E-state index in [2.05, 4.69) is 12.2 Å². The van der Waals surface area contributed by atoms with Crippen LogP contribution in [0.5, 0.6) is 0 Å². The summed E-state index contributed by atoms with van der Waals surface area (Å²) in [6, 6.07) is 5.65. The largest absolute Gasteiger partial charge is 0.353 e. The number of halogens is 1. The third kappa shape index (κ3) is 3.82. The van der Waals surface area contributed by atoms with Crippen molar-refractivity contribution in [3.63, 3.8) is 0 Å². The van der Waals surface area contributed by atoms with Gasteiger partial charge in [-0.1, -0.05) is 12.1 Å². The summed E-state index contributed by atoms with van der Waals surface area (Å²) in [6.45, 7) is 2.68. The van der Waals surface area contributed by atoms with Crippen molar-refractivity contribution >= 4 is 15.9 Å². The van der Waals surface area contributed by atoms with Crippen molar-refractivity contribution in [1.29, 1.82) is 0 Å². The predicted octanol–water partition coefficient (Wildman–Crippen LogP) is 3.95. The molecule has 1 atom stereocenters. The van der Waals surface area contributed by atoms with Crippen LogP contribution in [0.3, 0.4) is 0 Å². The molecule has 4 bridgehead atoms. The van der Waals surface area contributed by atoms with E-state index in [-0.39, 0.29) is 41.3 Å². The number of carbonyl (C=O) groups is 1. The van der Waals surface area contributed by atoms with E-state index in [0.29, 0.717) is 12.8 Å². The zero-order chi connectivity index (χ0) is 21.8. The van der Waals surface area contributed by atoms with Gasteiger partial charge in [0.1, 0.15) is 10.7 Å². The second-order valence-electron chi connectivity index (χ2n) is 10.6. The predicted molar refractivity (Wildman–Crippen MR) is 116 cm³/mol. The maximum Gasteiger partial charge on any atom is 0.245 e. The summed E-state index contributed by atoms with van der Waals surface area (Å²) in [5, 5.41) is 3.33. The molecule has 5 aliphatic rings. The summed E-state index contributed by atoms with van der Waals surface area (Å²) in [6.07, 6.45) is 8.86. The van der Waals surface area contributed by atoms with Crippen LogP contribution in [-0.2, 0) is 14.8 Å². The van der Waals surface area contributed by atoms with E-state index in [1.807, 2.05) is 0 Å². The number of carbonyl (C=O) groups excluding carboxylic acids is 1. The van der Waals surface area contributed by atoms with Crippen LogP contribution in [0.25, 0.3) is 0 Å². The first kappa shape index (κ1) is 21.4. The number of amides is 1. The molecular formula is C24H33FN2O3S. The fraction of sp³-hybridized carbons (Fsp3) is 0.708. The Morgan fingerprint density at radius 1 is 1.06 bits per heavy atom. The van der Waals surface area contributed by atoms with Gasteiger partial charge in [-0.05, 0) is 93.6 Å². The molecule has 4 aliphatic carbocycles. The van der Waals surface area contributed by atoms with E-state index in [1.165, 1.54) is 67.1 Å². The molecule has 170 valence electrons. The molecule has 1 saturated heterocycles. The Kier molecular flexibility index (Phi) is 5.40. The molecule has 1 aromatic carbocycles. The fourth-order valence-corrected chi connectivity index (χ4v) is 8.88. The minimum Gasteiger partial charge on any atom is -0.353 e. The molecule has 0 aromatic heterocycles. The number of rotatable bonds is 5. The molecule has 31 heavy (non-hydrogen) atoms. The van der Waals surface area contributed by atoms with Crippen LogP contribution in [0, 0.1) is 34.9 Å². The molecule has 4 saturated carbocycles. The van der Waals surface area contributed by atoms with Crippen molar-refractivity contribution in [2.24, 2.45) is 29.1 Å². The molecule has 1 aliphatic heterocycles. The standard InChI is InChI=1S/C24H33FN2O3S/c1-16(24-13-17-10-18(14-24)12-19(11-17)15-24)26-23(28)20-6-8-27(9-7-20)31(29,30)22-5-3-2-4-21(22)25/h2-5,16-20H,6-15H2,1H3,(H,26,28). The Hall–Kier alpha value is -1.47. The molecule has 1 aromatic rings. The minimum atomic E-state index is -3.87. The van der Waals surface area contributed by atoms with Gasteiger partial charge in [-0.15, -0.1) is 0 Å². The SMILES string of the molecule is CC(NC(=O)C1CCN(S(=O)(=O)c2ccccc2F)CC1)C12CC3CC(CC(C3)C1)C2. The van der Waals surface area contributed by atoms with Gasteiger partial charge >= 0.3 is 0 Å². The molecule has 5 fully saturated rings. The lowest BCUT2D eigenvalue weighted by molar-refractivity contribution is -0.130. The van der Waals surface area contributed by atoms with E-state index in [4.69, 9.17) is 0 Å². The normalized spacial score (nSPS) is 34.6. The molecule has 1 amide bonds. The summed E-state index contributed by atoms with van der Waals surface area (Å²) in [5.74, 6) is 1.69. The third-order valence-corrected chi connectivity index (χ3v) is 10.6. The average molecular weight is 449 g/mol. The quantitative estimate of drug-likeness (QED) is 0.742. The maximum absolute atomic E-state index is 14.0. The molecule has 6 rings (SSSR count). The summed E-state index contributed by atoms with van der Waals surface area (Å²) in [7, 11) is -3.87. The zero-order valence-corrected chi connectivity index (χ0v) is 19.0. The highest BCUT2D eigenvalue weighted by atomic mass is 32.2. The molecule has 0 radical (unpaired) electrons. The number of piperidine rings is 1. The van der Waals surface area contributed by atoms with Crippen LogP contribution in [0.2, 0.25) is 0 Å². The van der Waals surface area contributed by atoms with E-state index < -0.39 is 15.8 Å². The number of hydrogen-bond acceptors (Lipinski definition) is 3. The first-order chi connectivity index (χ1) is 14.8. The Morgan fingerprint density at radius 3 is 2.16 bits per heavy atom. The van der Waals surface area contributed by atoms with Gasteiger partial charge in [-0.2, -0.15) is 4.31 Å². The summed E-state index contributed by atoms with van der Waals surface area (Å²) in [5.41, 5.74) is 0.263. The summed E-state index contributed by atoms with van der Waals surface area (Å²) < 4.78 is 41.0. The van der Waals surface area contributed by atoms with Crippen LogP contribution in [0.15, 0.2) is 29.2 Å². The average Bonchev–Trinajstić information content (AvgIpc) is 2.73. The van der Waals surface area contributed by atoms with E-state index >= 15 is 0 Å². The molecule has 1 N–H and O–H groups in total. The number of sulfonamides is 1. The molecular weight excluding hydrogens is 415 g/mol. The minimum absolute atomic E-state index is 0.0613. The van der Waals surface area contributed by atoms with Crippen LogP contribution >= 0.6 is 0 Å². The lowest BCUT2D eigenvalue weighted by Gasteiger charge is -2.59. The summed E-state index contributed by atoms with van der Waals surface area (Å²) >= 11 is 0. The van der Waals surface area contributed by atoms with Gasteiger partial charge in [-0.3, -0.25) is 4.79 Å². The Bertz CT molecular complexity index is 920. The maximum atomic E-state index is 14.0. The van der Waals surface area contributed by atoms with E-state index in [1.54, 1.807) is 0 Å².